The highest BCUT2D eigenvalue weighted by atomic mass is 32.2. The molecular formula is C20H23N3O4S. The molecule has 1 aromatic heterocycles. The van der Waals surface area contributed by atoms with Crippen molar-refractivity contribution >= 4 is 15.7 Å². The van der Waals surface area contributed by atoms with E-state index in [2.05, 4.69) is 4.72 Å². The van der Waals surface area contributed by atoms with Gasteiger partial charge in [-0.1, -0.05) is 24.3 Å². The van der Waals surface area contributed by atoms with Crippen LogP contribution in [0, 0.1) is 13.8 Å². The Morgan fingerprint density at radius 1 is 1.07 bits per heavy atom. The first kappa shape index (κ1) is 19.8. The number of sulfonamides is 1. The topological polar surface area (TPSA) is 82.3 Å². The van der Waals surface area contributed by atoms with Crippen molar-refractivity contribution in [3.8, 4) is 11.4 Å². The summed E-state index contributed by atoms with van der Waals surface area (Å²) in [5.74, 6) is 0.248. The average Bonchev–Trinajstić information content (AvgIpc) is 2.87. The van der Waals surface area contributed by atoms with Crippen LogP contribution >= 0.6 is 0 Å². The fraction of sp³-hybridized carbons (Fsp3) is 0.250. The van der Waals surface area contributed by atoms with E-state index in [1.165, 1.54) is 10.7 Å². The molecule has 0 fully saturated rings. The fourth-order valence-electron chi connectivity index (χ4n) is 2.98. The van der Waals surface area contributed by atoms with Crippen LogP contribution < -0.4 is 15.0 Å². The molecule has 0 saturated carbocycles. The molecule has 0 radical (unpaired) electrons. The Labute approximate surface area is 164 Å². The average molecular weight is 401 g/mol. The van der Waals surface area contributed by atoms with E-state index in [1.807, 2.05) is 18.2 Å². The van der Waals surface area contributed by atoms with Gasteiger partial charge in [-0.25, -0.2) is 13.1 Å². The summed E-state index contributed by atoms with van der Waals surface area (Å²) in [4.78, 5) is 13.0. The second-order valence-electron chi connectivity index (χ2n) is 6.43. The summed E-state index contributed by atoms with van der Waals surface area (Å²) in [6.45, 7) is 5.60. The molecular weight excluding hydrogens is 378 g/mol. The molecule has 0 saturated heterocycles. The molecule has 148 valence electrons. The van der Waals surface area contributed by atoms with Crippen LogP contribution in [0.1, 0.15) is 18.2 Å². The number of nitrogens with zero attached hydrogens (tertiary/aromatic N) is 2. The van der Waals surface area contributed by atoms with Gasteiger partial charge in [0.05, 0.1) is 18.0 Å². The zero-order valence-corrected chi connectivity index (χ0v) is 17.1. The van der Waals surface area contributed by atoms with Gasteiger partial charge >= 0.3 is 0 Å². The molecule has 0 aliphatic heterocycles. The van der Waals surface area contributed by atoms with E-state index in [1.54, 1.807) is 56.8 Å². The van der Waals surface area contributed by atoms with Crippen molar-refractivity contribution in [1.29, 1.82) is 0 Å². The van der Waals surface area contributed by atoms with Gasteiger partial charge in [-0.2, -0.15) is 0 Å². The van der Waals surface area contributed by atoms with Gasteiger partial charge in [0.25, 0.3) is 15.6 Å². The number of para-hydroxylation sites is 1. The van der Waals surface area contributed by atoms with Crippen molar-refractivity contribution in [3.05, 3.63) is 70.1 Å². The van der Waals surface area contributed by atoms with E-state index in [9.17, 15) is 13.2 Å². The van der Waals surface area contributed by atoms with Crippen LogP contribution in [0.4, 0.5) is 5.69 Å². The van der Waals surface area contributed by atoms with Gasteiger partial charge < -0.3 is 4.74 Å². The van der Waals surface area contributed by atoms with Crippen LogP contribution in [0.25, 0.3) is 5.69 Å². The van der Waals surface area contributed by atoms with Gasteiger partial charge in [0.1, 0.15) is 16.3 Å². The van der Waals surface area contributed by atoms with Gasteiger partial charge in [0.15, 0.2) is 0 Å². The Morgan fingerprint density at radius 2 is 1.75 bits per heavy atom. The Balaban J connectivity index is 2.10. The molecule has 0 bridgehead atoms. The highest BCUT2D eigenvalue weighted by molar-refractivity contribution is 7.92. The third-order valence-electron chi connectivity index (χ3n) is 4.48. The number of hydrogen-bond donors (Lipinski definition) is 1. The van der Waals surface area contributed by atoms with Gasteiger partial charge in [-0.3, -0.25) is 14.2 Å². The molecule has 8 heteroatoms. The van der Waals surface area contributed by atoms with Crippen LogP contribution in [0.15, 0.2) is 58.2 Å². The number of aryl methyl sites for hydroxylation is 1. The van der Waals surface area contributed by atoms with E-state index in [4.69, 9.17) is 4.74 Å². The molecule has 1 heterocycles. The Bertz CT molecular complexity index is 1160. The highest BCUT2D eigenvalue weighted by Crippen LogP contribution is 2.27. The zero-order chi connectivity index (χ0) is 20.5. The first-order chi connectivity index (χ1) is 13.3. The van der Waals surface area contributed by atoms with Crippen molar-refractivity contribution in [3.63, 3.8) is 0 Å². The first-order valence-corrected chi connectivity index (χ1v) is 10.3. The number of hydrogen-bond acceptors (Lipinski definition) is 4. The molecule has 0 unspecified atom stereocenters. The molecule has 2 aromatic carbocycles. The standard InChI is InChI=1S/C20H23N3O4S/c1-5-27-17-12-11-14(2)13-18(17)28(25,26)21-19-15(3)22(4)23(20(19)24)16-9-7-6-8-10-16/h6-13,21H,5H2,1-4H3. The van der Waals surface area contributed by atoms with E-state index >= 15 is 0 Å². The van der Waals surface area contributed by atoms with E-state index < -0.39 is 15.6 Å². The molecule has 0 spiro atoms. The minimum atomic E-state index is -4.02. The third-order valence-corrected chi connectivity index (χ3v) is 5.85. The number of benzene rings is 2. The number of nitrogens with one attached hydrogen (secondary N) is 1. The largest absolute Gasteiger partial charge is 0.492 e. The van der Waals surface area contributed by atoms with Gasteiger partial charge in [-0.05, 0) is 50.6 Å². The van der Waals surface area contributed by atoms with Crippen molar-refractivity contribution in [2.24, 2.45) is 7.05 Å². The maximum absolute atomic E-state index is 13.1. The number of anilines is 1. The Morgan fingerprint density at radius 3 is 2.39 bits per heavy atom. The third kappa shape index (κ3) is 3.55. The summed E-state index contributed by atoms with van der Waals surface area (Å²) in [6, 6.07) is 14.0. The Kier molecular flexibility index (Phi) is 5.33. The molecule has 1 N–H and O–H groups in total. The lowest BCUT2D eigenvalue weighted by molar-refractivity contribution is 0.331. The van der Waals surface area contributed by atoms with Crippen molar-refractivity contribution in [2.45, 2.75) is 25.7 Å². The van der Waals surface area contributed by atoms with E-state index in [0.717, 1.165) is 5.56 Å². The van der Waals surface area contributed by atoms with E-state index in [0.29, 0.717) is 18.0 Å². The monoisotopic (exact) mass is 401 g/mol. The SMILES string of the molecule is CCOc1ccc(C)cc1S(=O)(=O)Nc1c(C)n(C)n(-c2ccccc2)c1=O. The fourth-order valence-corrected chi connectivity index (χ4v) is 4.32. The summed E-state index contributed by atoms with van der Waals surface area (Å²) >= 11 is 0. The predicted molar refractivity (Wildman–Crippen MR) is 109 cm³/mol. The summed E-state index contributed by atoms with van der Waals surface area (Å²) in [5, 5.41) is 0. The maximum Gasteiger partial charge on any atom is 0.296 e. The lowest BCUT2D eigenvalue weighted by Crippen LogP contribution is -2.23. The zero-order valence-electron chi connectivity index (χ0n) is 16.3. The molecule has 0 aliphatic rings. The van der Waals surface area contributed by atoms with Gasteiger partial charge in [-0.15, -0.1) is 0 Å². The van der Waals surface area contributed by atoms with Gasteiger partial charge in [0.2, 0.25) is 0 Å². The molecule has 3 rings (SSSR count). The number of ether oxygens (including phenoxy) is 1. The lowest BCUT2D eigenvalue weighted by Gasteiger charge is -2.12. The molecule has 7 nitrogen and oxygen atoms in total. The van der Waals surface area contributed by atoms with E-state index in [-0.39, 0.29) is 16.3 Å². The Hall–Kier alpha value is -3.00. The van der Waals surface area contributed by atoms with Crippen LogP contribution in [0.5, 0.6) is 5.75 Å². The number of aromatic nitrogens is 2. The summed E-state index contributed by atoms with van der Waals surface area (Å²) in [6.07, 6.45) is 0. The molecule has 3 aromatic rings. The minimum absolute atomic E-state index is 0.00302. The normalized spacial score (nSPS) is 11.4. The van der Waals surface area contributed by atoms with Crippen molar-refractivity contribution < 1.29 is 13.2 Å². The predicted octanol–water partition coefficient (Wildman–Crippen LogP) is 2.99. The summed E-state index contributed by atoms with van der Waals surface area (Å²) < 4.78 is 37.1. The van der Waals surface area contributed by atoms with Crippen LogP contribution in [0.3, 0.4) is 0 Å². The maximum atomic E-state index is 13.1. The van der Waals surface area contributed by atoms with Crippen LogP contribution in [-0.2, 0) is 17.1 Å². The first-order valence-electron chi connectivity index (χ1n) is 8.86. The van der Waals surface area contributed by atoms with Crippen molar-refractivity contribution in [1.82, 2.24) is 9.36 Å². The van der Waals surface area contributed by atoms with Crippen LogP contribution in [0.2, 0.25) is 0 Å². The smallest absolute Gasteiger partial charge is 0.296 e. The second-order valence-corrected chi connectivity index (χ2v) is 8.08. The molecule has 0 aliphatic carbocycles. The number of rotatable bonds is 6. The summed E-state index contributed by atoms with van der Waals surface area (Å²) in [7, 11) is -2.31. The molecule has 28 heavy (non-hydrogen) atoms. The second kappa shape index (κ2) is 7.55. The van der Waals surface area contributed by atoms with Gasteiger partial charge in [0, 0.05) is 7.05 Å². The quantitative estimate of drug-likeness (QED) is 0.688. The molecule has 0 atom stereocenters. The summed E-state index contributed by atoms with van der Waals surface area (Å²) in [5.41, 5.74) is 1.49. The molecule has 0 amide bonds. The highest BCUT2D eigenvalue weighted by Gasteiger charge is 2.25. The minimum Gasteiger partial charge on any atom is -0.492 e. The van der Waals surface area contributed by atoms with Crippen LogP contribution in [-0.4, -0.2) is 24.4 Å². The van der Waals surface area contributed by atoms with Crippen molar-refractivity contribution in [2.75, 3.05) is 11.3 Å². The lowest BCUT2D eigenvalue weighted by atomic mass is 10.2.